The highest BCUT2D eigenvalue weighted by Gasteiger charge is 2.26. The molecule has 4 aromatic rings. The van der Waals surface area contributed by atoms with Crippen molar-refractivity contribution in [3.05, 3.63) is 164 Å². The minimum Gasteiger partial charge on any atom is -0.423 e. The Bertz CT molecular complexity index is 2140. The number of hydrogen-bond donors (Lipinski definition) is 0. The van der Waals surface area contributed by atoms with Crippen LogP contribution in [0.3, 0.4) is 0 Å². The molecule has 0 N–H and O–H groups in total. The molecule has 0 radical (unpaired) electrons. The summed E-state index contributed by atoms with van der Waals surface area (Å²) in [6.07, 6.45) is 2.26. The van der Waals surface area contributed by atoms with Gasteiger partial charge in [-0.05, 0) is 187 Å². The van der Waals surface area contributed by atoms with Crippen LogP contribution in [-0.2, 0) is 19.2 Å². The van der Waals surface area contributed by atoms with E-state index in [9.17, 15) is 19.2 Å². The van der Waals surface area contributed by atoms with Crippen LogP contribution in [0.25, 0.3) is 0 Å². The predicted molar refractivity (Wildman–Crippen MR) is 243 cm³/mol. The summed E-state index contributed by atoms with van der Waals surface area (Å²) in [5.41, 5.74) is 12.7. The van der Waals surface area contributed by atoms with Crippen LogP contribution in [0.4, 0.5) is 0 Å². The van der Waals surface area contributed by atoms with E-state index >= 15 is 0 Å². The Labute approximate surface area is 362 Å². The van der Waals surface area contributed by atoms with E-state index in [1.165, 1.54) is 0 Å². The van der Waals surface area contributed by atoms with Crippen molar-refractivity contribution in [3.63, 3.8) is 0 Å². The maximum atomic E-state index is 12.5. The second-order valence-corrected chi connectivity index (χ2v) is 16.6. The number of esters is 4. The molecule has 0 aliphatic rings. The molecule has 0 fully saturated rings. The molecule has 8 heteroatoms. The van der Waals surface area contributed by atoms with Crippen molar-refractivity contribution in [2.75, 3.05) is 0 Å². The molecular weight excluding hydrogens is 765 g/mol. The topological polar surface area (TPSA) is 105 Å². The van der Waals surface area contributed by atoms with E-state index in [1.807, 2.05) is 79.7 Å². The summed E-state index contributed by atoms with van der Waals surface area (Å²) in [7, 11) is 0. The monoisotopic (exact) mass is 824 g/mol. The third-order valence-corrected chi connectivity index (χ3v) is 10.9. The van der Waals surface area contributed by atoms with Crippen molar-refractivity contribution in [1.29, 1.82) is 0 Å². The highest BCUT2D eigenvalue weighted by molar-refractivity contribution is 5.90. The average molecular weight is 825 g/mol. The van der Waals surface area contributed by atoms with Gasteiger partial charge < -0.3 is 18.9 Å². The van der Waals surface area contributed by atoms with Gasteiger partial charge in [0.05, 0.1) is 0 Å². The molecule has 0 aromatic heterocycles. The fourth-order valence-electron chi connectivity index (χ4n) is 7.42. The lowest BCUT2D eigenvalue weighted by atomic mass is 9.78. The summed E-state index contributed by atoms with van der Waals surface area (Å²) in [4.78, 5) is 50.2. The van der Waals surface area contributed by atoms with Crippen molar-refractivity contribution in [2.24, 2.45) is 0 Å². The number of hydrogen-bond acceptors (Lipinski definition) is 8. The summed E-state index contributed by atoms with van der Waals surface area (Å²) >= 11 is 0. The second kappa shape index (κ2) is 19.9. The number of benzene rings is 4. The Morgan fingerprint density at radius 3 is 0.754 bits per heavy atom. The van der Waals surface area contributed by atoms with E-state index in [0.29, 0.717) is 45.3 Å². The van der Waals surface area contributed by atoms with Gasteiger partial charge in [-0.25, -0.2) is 19.2 Å². The first-order chi connectivity index (χ1) is 28.5. The van der Waals surface area contributed by atoms with Gasteiger partial charge in [-0.2, -0.15) is 0 Å². The average Bonchev–Trinajstić information content (AvgIpc) is 3.17. The Balaban J connectivity index is 1.86. The van der Waals surface area contributed by atoms with E-state index in [-0.39, 0.29) is 11.8 Å². The van der Waals surface area contributed by atoms with Crippen molar-refractivity contribution >= 4 is 23.9 Å². The molecule has 0 heterocycles. The molecule has 0 atom stereocenters. The highest BCUT2D eigenvalue weighted by atomic mass is 16.5. The van der Waals surface area contributed by atoms with Gasteiger partial charge in [0.25, 0.3) is 0 Å². The molecule has 0 saturated carbocycles. The maximum absolute atomic E-state index is 12.5. The van der Waals surface area contributed by atoms with Gasteiger partial charge in [0, 0.05) is 34.1 Å². The molecule has 0 saturated heterocycles. The highest BCUT2D eigenvalue weighted by Crippen LogP contribution is 2.43. The standard InChI is InChI=1S/C53H60O8/c1-28(2)50(54)58-46-24-32(9)42(20-36(46)13)40(43-21-37(14)47(25-33(43)10)59-51(55)29(3)4)18-17-19-41(44-22-38(15)48(26-34(44)11)60-52(56)30(5)6)45-23-39(16)49(27-35(45)12)61-53(57)31(7)8/h20-27,40-41H,1,3,5,7,17-19H2,2,4,6,8-16H3. The Morgan fingerprint density at radius 1 is 0.377 bits per heavy atom. The van der Waals surface area contributed by atoms with Crippen molar-refractivity contribution in [2.45, 2.75) is 114 Å². The quantitative estimate of drug-likeness (QED) is 0.0625. The van der Waals surface area contributed by atoms with Gasteiger partial charge >= 0.3 is 23.9 Å². The molecule has 0 bridgehead atoms. The second-order valence-electron chi connectivity index (χ2n) is 16.6. The molecule has 8 nitrogen and oxygen atoms in total. The molecule has 4 aromatic carbocycles. The zero-order valence-electron chi connectivity index (χ0n) is 38.0. The molecular formula is C53H60O8. The fourth-order valence-corrected chi connectivity index (χ4v) is 7.42. The van der Waals surface area contributed by atoms with E-state index in [1.54, 1.807) is 27.7 Å². The lowest BCUT2D eigenvalue weighted by molar-refractivity contribution is -0.131. The molecule has 0 amide bonds. The van der Waals surface area contributed by atoms with Crippen LogP contribution in [-0.4, -0.2) is 23.9 Å². The van der Waals surface area contributed by atoms with Crippen LogP contribution < -0.4 is 18.9 Å². The Hall–Kier alpha value is -6.28. The third kappa shape index (κ3) is 11.5. The van der Waals surface area contributed by atoms with Crippen LogP contribution in [0, 0.1) is 55.4 Å². The third-order valence-electron chi connectivity index (χ3n) is 10.9. The van der Waals surface area contributed by atoms with E-state index in [0.717, 1.165) is 86.0 Å². The zero-order chi connectivity index (χ0) is 45.6. The normalized spacial score (nSPS) is 11.0. The summed E-state index contributed by atoms with van der Waals surface area (Å²) in [5, 5.41) is 0. The molecule has 0 aliphatic carbocycles. The van der Waals surface area contributed by atoms with E-state index in [4.69, 9.17) is 18.9 Å². The summed E-state index contributed by atoms with van der Waals surface area (Å²) in [6, 6.07) is 16.0. The molecule has 320 valence electrons. The summed E-state index contributed by atoms with van der Waals surface area (Å²) in [5.74, 6) is -0.184. The van der Waals surface area contributed by atoms with Gasteiger partial charge in [0.15, 0.2) is 0 Å². The van der Waals surface area contributed by atoms with Crippen LogP contribution in [0.2, 0.25) is 0 Å². The number of ether oxygens (including phenoxy) is 4. The van der Waals surface area contributed by atoms with Crippen LogP contribution >= 0.6 is 0 Å². The van der Waals surface area contributed by atoms with E-state index < -0.39 is 23.9 Å². The van der Waals surface area contributed by atoms with Gasteiger partial charge in [-0.1, -0.05) is 57.0 Å². The first-order valence-electron chi connectivity index (χ1n) is 20.5. The first kappa shape index (κ1) is 47.4. The molecule has 0 aliphatic heterocycles. The lowest BCUT2D eigenvalue weighted by Crippen LogP contribution is -2.13. The molecule has 0 spiro atoms. The van der Waals surface area contributed by atoms with Crippen LogP contribution in [0.1, 0.15) is 126 Å². The molecule has 4 rings (SSSR count). The Morgan fingerprint density at radius 2 is 0.574 bits per heavy atom. The SMILES string of the molecule is C=C(C)C(=O)Oc1cc(C)c(C(CCCC(c2cc(C)c(OC(=O)C(=C)C)cc2C)c2cc(C)c(OC(=O)C(=C)C)cc2C)c2cc(C)c(OC(=O)C(=C)C)cc2C)cc1C. The van der Waals surface area contributed by atoms with Gasteiger partial charge in [0.2, 0.25) is 0 Å². The molecule has 0 unspecified atom stereocenters. The zero-order valence-corrected chi connectivity index (χ0v) is 38.0. The fraction of sp³-hybridized carbons (Fsp3) is 0.321. The predicted octanol–water partition coefficient (Wildman–Crippen LogP) is 12.2. The van der Waals surface area contributed by atoms with Gasteiger partial charge in [-0.3, -0.25) is 0 Å². The number of aryl methyl sites for hydroxylation is 8. The van der Waals surface area contributed by atoms with Gasteiger partial charge in [0.1, 0.15) is 23.0 Å². The minimum atomic E-state index is -0.482. The summed E-state index contributed by atoms with van der Waals surface area (Å²) < 4.78 is 22.9. The minimum absolute atomic E-state index is 0.0895. The number of rotatable bonds is 16. The van der Waals surface area contributed by atoms with Crippen LogP contribution in [0.15, 0.2) is 97.1 Å². The lowest BCUT2D eigenvalue weighted by Gasteiger charge is -2.27. The van der Waals surface area contributed by atoms with Crippen molar-refractivity contribution < 1.29 is 38.1 Å². The maximum Gasteiger partial charge on any atom is 0.338 e. The Kier molecular flexibility index (Phi) is 15.4. The number of carbonyl (C=O) groups excluding carboxylic acids is 4. The van der Waals surface area contributed by atoms with Crippen molar-refractivity contribution in [3.8, 4) is 23.0 Å². The molecule has 61 heavy (non-hydrogen) atoms. The number of carbonyl (C=O) groups is 4. The van der Waals surface area contributed by atoms with Crippen LogP contribution in [0.5, 0.6) is 23.0 Å². The largest absolute Gasteiger partial charge is 0.423 e. The van der Waals surface area contributed by atoms with E-state index in [2.05, 4.69) is 50.6 Å². The van der Waals surface area contributed by atoms with Crippen molar-refractivity contribution in [1.82, 2.24) is 0 Å². The summed E-state index contributed by atoms with van der Waals surface area (Å²) in [6.45, 7) is 37.3. The van der Waals surface area contributed by atoms with Gasteiger partial charge in [-0.15, -0.1) is 0 Å². The first-order valence-corrected chi connectivity index (χ1v) is 20.5. The smallest absolute Gasteiger partial charge is 0.338 e.